The minimum atomic E-state index is -0.124. The Kier molecular flexibility index (Phi) is 3.21. The zero-order chi connectivity index (χ0) is 13.4. The number of hydrogen-bond acceptors (Lipinski definition) is 2. The second kappa shape index (κ2) is 4.87. The van der Waals surface area contributed by atoms with Crippen molar-refractivity contribution in [2.24, 2.45) is 0 Å². The maximum absolute atomic E-state index is 11.8. The second-order valence-corrected chi connectivity index (χ2v) is 5.36. The lowest BCUT2D eigenvalue weighted by Gasteiger charge is -1.99. The lowest BCUT2D eigenvalue weighted by atomic mass is 10.1. The largest absolute Gasteiger partial charge is 0.348 e. The number of H-pyrrole nitrogens is 1. The molecule has 0 spiro atoms. The molecule has 1 amide bonds. The number of aromatic amines is 1. The van der Waals surface area contributed by atoms with E-state index in [0.717, 1.165) is 18.4 Å². The molecule has 0 atom stereocenters. The van der Waals surface area contributed by atoms with Gasteiger partial charge in [0, 0.05) is 11.6 Å². The van der Waals surface area contributed by atoms with Gasteiger partial charge in [-0.2, -0.15) is 5.10 Å². The van der Waals surface area contributed by atoms with E-state index < -0.39 is 0 Å². The third-order valence-electron chi connectivity index (χ3n) is 2.95. The smallest absolute Gasteiger partial charge is 0.269 e. The summed E-state index contributed by atoms with van der Waals surface area (Å²) in [5, 5.41) is 10.7. The fourth-order valence-electron chi connectivity index (χ4n) is 1.73. The van der Waals surface area contributed by atoms with Crippen LogP contribution in [0.1, 0.15) is 23.3 Å². The van der Waals surface area contributed by atoms with Crippen LogP contribution >= 0.6 is 23.2 Å². The first-order valence-electron chi connectivity index (χ1n) is 5.95. The molecule has 0 radical (unpaired) electrons. The van der Waals surface area contributed by atoms with Gasteiger partial charge in [0.25, 0.3) is 5.91 Å². The summed E-state index contributed by atoms with van der Waals surface area (Å²) in [6, 6.07) is 7.27. The van der Waals surface area contributed by atoms with Crippen molar-refractivity contribution in [3.05, 3.63) is 40.0 Å². The zero-order valence-corrected chi connectivity index (χ0v) is 11.4. The van der Waals surface area contributed by atoms with Crippen molar-refractivity contribution in [1.29, 1.82) is 0 Å². The van der Waals surface area contributed by atoms with Gasteiger partial charge in [0.05, 0.1) is 15.7 Å². The zero-order valence-electron chi connectivity index (χ0n) is 9.91. The van der Waals surface area contributed by atoms with Gasteiger partial charge in [0.15, 0.2) is 0 Å². The number of halogens is 2. The Labute approximate surface area is 120 Å². The van der Waals surface area contributed by atoms with Crippen LogP contribution in [0.5, 0.6) is 0 Å². The van der Waals surface area contributed by atoms with E-state index in [0.29, 0.717) is 27.5 Å². The highest BCUT2D eigenvalue weighted by atomic mass is 35.5. The fraction of sp³-hybridized carbons (Fsp3) is 0.231. The molecule has 98 valence electrons. The van der Waals surface area contributed by atoms with Gasteiger partial charge in [-0.05, 0) is 31.0 Å². The number of nitrogens with zero attached hydrogens (tertiary/aromatic N) is 1. The van der Waals surface area contributed by atoms with E-state index in [1.54, 1.807) is 18.2 Å². The van der Waals surface area contributed by atoms with Crippen molar-refractivity contribution in [1.82, 2.24) is 15.5 Å². The van der Waals surface area contributed by atoms with E-state index in [9.17, 15) is 4.79 Å². The number of carbonyl (C=O) groups excluding carboxylic acids is 1. The standard InChI is InChI=1S/C13H11Cl2N3O/c14-9-4-1-7(5-10(9)15)11-6-12(18-17-11)13(19)16-8-2-3-8/h1,4-6,8H,2-3H2,(H,16,19)(H,17,18). The SMILES string of the molecule is O=C(NC1CC1)c1cc(-c2ccc(Cl)c(Cl)c2)n[nH]1. The van der Waals surface area contributed by atoms with Crippen LogP contribution in [0.2, 0.25) is 10.0 Å². The van der Waals surface area contributed by atoms with Crippen molar-refractivity contribution in [3.8, 4) is 11.3 Å². The van der Waals surface area contributed by atoms with Crippen LogP contribution in [0.25, 0.3) is 11.3 Å². The number of benzene rings is 1. The van der Waals surface area contributed by atoms with Crippen molar-refractivity contribution < 1.29 is 4.79 Å². The third kappa shape index (κ3) is 2.74. The molecule has 1 aromatic heterocycles. The molecule has 0 unspecified atom stereocenters. The summed E-state index contributed by atoms with van der Waals surface area (Å²) in [6.07, 6.45) is 2.11. The van der Waals surface area contributed by atoms with Gasteiger partial charge in [-0.15, -0.1) is 0 Å². The van der Waals surface area contributed by atoms with Gasteiger partial charge in [-0.1, -0.05) is 29.3 Å². The van der Waals surface area contributed by atoms with Crippen LogP contribution < -0.4 is 5.32 Å². The molecule has 1 fully saturated rings. The lowest BCUT2D eigenvalue weighted by molar-refractivity contribution is 0.0946. The molecule has 1 aromatic carbocycles. The molecule has 1 saturated carbocycles. The highest BCUT2D eigenvalue weighted by molar-refractivity contribution is 6.42. The average molecular weight is 296 g/mol. The number of aromatic nitrogens is 2. The molecule has 0 saturated heterocycles. The first-order chi connectivity index (χ1) is 9.13. The molecule has 19 heavy (non-hydrogen) atoms. The van der Waals surface area contributed by atoms with Crippen LogP contribution in [-0.4, -0.2) is 22.1 Å². The molecule has 6 heteroatoms. The normalized spacial score (nSPS) is 14.4. The van der Waals surface area contributed by atoms with E-state index in [1.165, 1.54) is 0 Å². The molecule has 0 bridgehead atoms. The van der Waals surface area contributed by atoms with Gasteiger partial charge < -0.3 is 5.32 Å². The van der Waals surface area contributed by atoms with Crippen molar-refractivity contribution in [2.75, 3.05) is 0 Å². The number of nitrogens with one attached hydrogen (secondary N) is 2. The van der Waals surface area contributed by atoms with E-state index >= 15 is 0 Å². The van der Waals surface area contributed by atoms with Gasteiger partial charge in [0.1, 0.15) is 5.69 Å². The van der Waals surface area contributed by atoms with E-state index in [4.69, 9.17) is 23.2 Å². The minimum Gasteiger partial charge on any atom is -0.348 e. The Morgan fingerprint density at radius 1 is 1.26 bits per heavy atom. The highest BCUT2D eigenvalue weighted by Gasteiger charge is 2.24. The van der Waals surface area contributed by atoms with Crippen LogP contribution in [0, 0.1) is 0 Å². The monoisotopic (exact) mass is 295 g/mol. The molecule has 0 aliphatic heterocycles. The summed E-state index contributed by atoms with van der Waals surface area (Å²) in [5.41, 5.74) is 1.93. The fourth-order valence-corrected chi connectivity index (χ4v) is 2.03. The Morgan fingerprint density at radius 3 is 2.74 bits per heavy atom. The molecule has 1 aliphatic rings. The summed E-state index contributed by atoms with van der Waals surface area (Å²) < 4.78 is 0. The maximum Gasteiger partial charge on any atom is 0.269 e. The predicted molar refractivity (Wildman–Crippen MR) is 74.5 cm³/mol. The Balaban J connectivity index is 1.83. The van der Waals surface area contributed by atoms with Gasteiger partial charge >= 0.3 is 0 Å². The third-order valence-corrected chi connectivity index (χ3v) is 3.69. The Hall–Kier alpha value is -1.52. The average Bonchev–Trinajstić information content (AvgIpc) is 3.06. The summed E-state index contributed by atoms with van der Waals surface area (Å²) >= 11 is 11.8. The van der Waals surface area contributed by atoms with Crippen LogP contribution in [0.4, 0.5) is 0 Å². The van der Waals surface area contributed by atoms with Gasteiger partial charge in [0.2, 0.25) is 0 Å². The number of rotatable bonds is 3. The Bertz CT molecular complexity index is 635. The van der Waals surface area contributed by atoms with Crippen molar-refractivity contribution in [3.63, 3.8) is 0 Å². The van der Waals surface area contributed by atoms with Crippen molar-refractivity contribution >= 4 is 29.1 Å². The first-order valence-corrected chi connectivity index (χ1v) is 6.71. The number of hydrogen-bond donors (Lipinski definition) is 2. The molecule has 3 rings (SSSR count). The molecular formula is C13H11Cl2N3O. The molecule has 2 N–H and O–H groups in total. The highest BCUT2D eigenvalue weighted by Crippen LogP contribution is 2.28. The van der Waals surface area contributed by atoms with Crippen LogP contribution in [-0.2, 0) is 0 Å². The van der Waals surface area contributed by atoms with Gasteiger partial charge in [-0.25, -0.2) is 0 Å². The quantitative estimate of drug-likeness (QED) is 0.913. The van der Waals surface area contributed by atoms with E-state index in [-0.39, 0.29) is 5.91 Å². The molecule has 1 aliphatic carbocycles. The lowest BCUT2D eigenvalue weighted by Crippen LogP contribution is -2.25. The Morgan fingerprint density at radius 2 is 2.05 bits per heavy atom. The molecule has 4 nitrogen and oxygen atoms in total. The van der Waals surface area contributed by atoms with E-state index in [2.05, 4.69) is 15.5 Å². The van der Waals surface area contributed by atoms with E-state index in [1.807, 2.05) is 6.07 Å². The number of carbonyl (C=O) groups is 1. The summed E-state index contributed by atoms with van der Waals surface area (Å²) in [5.74, 6) is -0.124. The first kappa shape index (κ1) is 12.5. The number of amides is 1. The minimum absolute atomic E-state index is 0.124. The summed E-state index contributed by atoms with van der Waals surface area (Å²) in [7, 11) is 0. The summed E-state index contributed by atoms with van der Waals surface area (Å²) in [6.45, 7) is 0. The summed E-state index contributed by atoms with van der Waals surface area (Å²) in [4.78, 5) is 11.8. The van der Waals surface area contributed by atoms with Crippen LogP contribution in [0.3, 0.4) is 0 Å². The molecule has 2 aromatic rings. The second-order valence-electron chi connectivity index (χ2n) is 4.54. The van der Waals surface area contributed by atoms with Gasteiger partial charge in [-0.3, -0.25) is 9.89 Å². The van der Waals surface area contributed by atoms with Crippen LogP contribution in [0.15, 0.2) is 24.3 Å². The molecule has 1 heterocycles. The van der Waals surface area contributed by atoms with Crippen molar-refractivity contribution in [2.45, 2.75) is 18.9 Å². The molecular weight excluding hydrogens is 285 g/mol. The predicted octanol–water partition coefficient (Wildman–Crippen LogP) is 3.28. The maximum atomic E-state index is 11.8. The topological polar surface area (TPSA) is 57.8 Å².